The highest BCUT2D eigenvalue weighted by Gasteiger charge is 2.29. The van der Waals surface area contributed by atoms with Crippen LogP contribution in [0.4, 0.5) is 0 Å². The Hall–Kier alpha value is -1.14. The molecule has 1 aromatic carbocycles. The largest absolute Gasteiger partial charge is 0.382 e. The molecule has 1 atom stereocenters. The number of carbonyl (C=O) groups is 1. The fourth-order valence-corrected chi connectivity index (χ4v) is 1.58. The van der Waals surface area contributed by atoms with Crippen LogP contribution in [0.1, 0.15) is 12.5 Å². The molecule has 3 N–H and O–H groups in total. The van der Waals surface area contributed by atoms with Gasteiger partial charge >= 0.3 is 0 Å². The van der Waals surface area contributed by atoms with E-state index < -0.39 is 5.54 Å². The Morgan fingerprint density at radius 3 is 2.50 bits per heavy atom. The molecule has 1 aromatic rings. The van der Waals surface area contributed by atoms with Gasteiger partial charge in [0, 0.05) is 13.7 Å². The first-order chi connectivity index (χ1) is 9.09. The maximum Gasteiger partial charge on any atom is 0.244 e. The number of rotatable bonds is 8. The number of ether oxygens (including phenoxy) is 2. The summed E-state index contributed by atoms with van der Waals surface area (Å²) in [5, 5.41) is 2.77. The van der Waals surface area contributed by atoms with E-state index in [1.807, 2.05) is 30.3 Å². The van der Waals surface area contributed by atoms with Gasteiger partial charge in [0.15, 0.2) is 0 Å². The Bertz CT molecular complexity index is 385. The van der Waals surface area contributed by atoms with Gasteiger partial charge in [0.05, 0.1) is 19.8 Å². The molecule has 114 valence electrons. The van der Waals surface area contributed by atoms with Crippen LogP contribution in [0.2, 0.25) is 0 Å². The van der Waals surface area contributed by atoms with Crippen LogP contribution in [-0.2, 0) is 19.8 Å². The highest BCUT2D eigenvalue weighted by atomic mass is 35.5. The lowest BCUT2D eigenvalue weighted by molar-refractivity contribution is -0.126. The molecule has 0 saturated heterocycles. The van der Waals surface area contributed by atoms with Crippen molar-refractivity contribution < 1.29 is 14.3 Å². The molecule has 0 aliphatic rings. The Balaban J connectivity index is 0.00000361. The predicted molar refractivity (Wildman–Crippen MR) is 80.9 cm³/mol. The first-order valence-electron chi connectivity index (χ1n) is 6.28. The highest BCUT2D eigenvalue weighted by molar-refractivity contribution is 5.86. The number of nitrogens with one attached hydrogen (secondary N) is 1. The molecule has 0 aliphatic heterocycles. The van der Waals surface area contributed by atoms with Crippen LogP contribution in [0.3, 0.4) is 0 Å². The van der Waals surface area contributed by atoms with E-state index in [0.29, 0.717) is 26.4 Å². The molecule has 0 radical (unpaired) electrons. The number of amides is 1. The molecule has 0 bridgehead atoms. The van der Waals surface area contributed by atoms with E-state index in [4.69, 9.17) is 15.2 Å². The summed E-state index contributed by atoms with van der Waals surface area (Å²) in [6.45, 7) is 3.64. The molecule has 0 aliphatic carbocycles. The number of methoxy groups -OCH3 is 1. The lowest BCUT2D eigenvalue weighted by atomic mass is 9.92. The third-order valence-corrected chi connectivity index (χ3v) is 2.81. The first-order valence-corrected chi connectivity index (χ1v) is 6.28. The standard InChI is InChI=1S/C14H22N2O3.ClH/c1-14(15,12-6-4-3-5-7-12)13(17)16-8-9-19-11-10-18-2;/h3-7H,8-11,15H2,1-2H3,(H,16,17);1H. The van der Waals surface area contributed by atoms with Gasteiger partial charge in [0.2, 0.25) is 5.91 Å². The van der Waals surface area contributed by atoms with Crippen molar-refractivity contribution in [2.75, 3.05) is 33.5 Å². The summed E-state index contributed by atoms with van der Waals surface area (Å²) in [6.07, 6.45) is 0. The molecule has 0 spiro atoms. The smallest absolute Gasteiger partial charge is 0.244 e. The highest BCUT2D eigenvalue weighted by Crippen LogP contribution is 2.16. The summed E-state index contributed by atoms with van der Waals surface area (Å²) in [5.74, 6) is -0.214. The Kier molecular flexibility index (Phi) is 9.16. The van der Waals surface area contributed by atoms with Gasteiger partial charge in [0.1, 0.15) is 5.54 Å². The van der Waals surface area contributed by atoms with Crippen molar-refractivity contribution in [2.24, 2.45) is 5.73 Å². The number of halogens is 1. The molecule has 1 rings (SSSR count). The van der Waals surface area contributed by atoms with Crippen LogP contribution in [0.25, 0.3) is 0 Å². The third-order valence-electron chi connectivity index (χ3n) is 2.81. The van der Waals surface area contributed by atoms with E-state index in [2.05, 4.69) is 5.32 Å². The zero-order valence-electron chi connectivity index (χ0n) is 11.9. The number of nitrogens with two attached hydrogens (primary N) is 1. The van der Waals surface area contributed by atoms with Crippen LogP contribution in [0.15, 0.2) is 30.3 Å². The maximum absolute atomic E-state index is 12.0. The second-order valence-electron chi connectivity index (χ2n) is 4.43. The SMILES string of the molecule is COCCOCCNC(=O)C(C)(N)c1ccccc1.Cl. The van der Waals surface area contributed by atoms with Gasteiger partial charge in [-0.25, -0.2) is 0 Å². The van der Waals surface area contributed by atoms with Crippen LogP contribution in [0.5, 0.6) is 0 Å². The van der Waals surface area contributed by atoms with E-state index in [9.17, 15) is 4.79 Å². The maximum atomic E-state index is 12.0. The summed E-state index contributed by atoms with van der Waals surface area (Å²) >= 11 is 0. The summed E-state index contributed by atoms with van der Waals surface area (Å²) in [6, 6.07) is 9.30. The van der Waals surface area contributed by atoms with Crippen LogP contribution < -0.4 is 11.1 Å². The minimum Gasteiger partial charge on any atom is -0.382 e. The van der Waals surface area contributed by atoms with Gasteiger partial charge in [0.25, 0.3) is 0 Å². The van der Waals surface area contributed by atoms with Crippen molar-refractivity contribution in [3.05, 3.63) is 35.9 Å². The van der Waals surface area contributed by atoms with Crippen LogP contribution in [0, 0.1) is 0 Å². The molecular weight excluding hydrogens is 280 g/mol. The first kappa shape index (κ1) is 18.9. The molecule has 0 heterocycles. The zero-order valence-corrected chi connectivity index (χ0v) is 12.7. The second-order valence-corrected chi connectivity index (χ2v) is 4.43. The monoisotopic (exact) mass is 302 g/mol. The molecule has 1 amide bonds. The topological polar surface area (TPSA) is 73.6 Å². The average Bonchev–Trinajstić information content (AvgIpc) is 2.43. The zero-order chi connectivity index (χ0) is 14.1. The summed E-state index contributed by atoms with van der Waals surface area (Å²) in [7, 11) is 1.62. The van der Waals surface area contributed by atoms with Crippen molar-refractivity contribution in [3.63, 3.8) is 0 Å². The minimum atomic E-state index is -1.03. The van der Waals surface area contributed by atoms with Crippen LogP contribution >= 0.6 is 12.4 Å². The second kappa shape index (κ2) is 9.72. The lowest BCUT2D eigenvalue weighted by Crippen LogP contribution is -2.49. The van der Waals surface area contributed by atoms with Gasteiger partial charge < -0.3 is 20.5 Å². The summed E-state index contributed by atoms with van der Waals surface area (Å²) in [4.78, 5) is 12.0. The third kappa shape index (κ3) is 5.88. The lowest BCUT2D eigenvalue weighted by Gasteiger charge is -2.24. The Morgan fingerprint density at radius 1 is 1.25 bits per heavy atom. The molecule has 5 nitrogen and oxygen atoms in total. The van der Waals surface area contributed by atoms with E-state index >= 15 is 0 Å². The normalized spacial score (nSPS) is 13.2. The van der Waals surface area contributed by atoms with Crippen molar-refractivity contribution in [3.8, 4) is 0 Å². The predicted octanol–water partition coefficient (Wildman–Crippen LogP) is 1.06. The van der Waals surface area contributed by atoms with E-state index in [0.717, 1.165) is 5.56 Å². The van der Waals surface area contributed by atoms with Crippen molar-refractivity contribution >= 4 is 18.3 Å². The van der Waals surface area contributed by atoms with Crippen LogP contribution in [-0.4, -0.2) is 39.4 Å². The van der Waals surface area contributed by atoms with Crippen molar-refractivity contribution in [1.82, 2.24) is 5.32 Å². The minimum absolute atomic E-state index is 0. The average molecular weight is 303 g/mol. The van der Waals surface area contributed by atoms with Gasteiger partial charge in [-0.05, 0) is 12.5 Å². The van der Waals surface area contributed by atoms with E-state index in [1.54, 1.807) is 14.0 Å². The van der Waals surface area contributed by atoms with Gasteiger partial charge in [-0.15, -0.1) is 12.4 Å². The van der Waals surface area contributed by atoms with Gasteiger partial charge in [-0.2, -0.15) is 0 Å². The number of benzene rings is 1. The van der Waals surface area contributed by atoms with E-state index in [1.165, 1.54) is 0 Å². The Morgan fingerprint density at radius 2 is 1.90 bits per heavy atom. The molecule has 0 aromatic heterocycles. The van der Waals surface area contributed by atoms with Gasteiger partial charge in [-0.1, -0.05) is 30.3 Å². The van der Waals surface area contributed by atoms with Gasteiger partial charge in [-0.3, -0.25) is 4.79 Å². The number of hydrogen-bond donors (Lipinski definition) is 2. The number of hydrogen-bond acceptors (Lipinski definition) is 4. The fraction of sp³-hybridized carbons (Fsp3) is 0.500. The van der Waals surface area contributed by atoms with E-state index in [-0.39, 0.29) is 18.3 Å². The molecule has 6 heteroatoms. The molecule has 0 fully saturated rings. The fourth-order valence-electron chi connectivity index (χ4n) is 1.58. The molecule has 0 saturated carbocycles. The number of carbonyl (C=O) groups excluding carboxylic acids is 1. The van der Waals surface area contributed by atoms with Crippen molar-refractivity contribution in [2.45, 2.75) is 12.5 Å². The van der Waals surface area contributed by atoms with Crippen molar-refractivity contribution in [1.29, 1.82) is 0 Å². The summed E-state index contributed by atoms with van der Waals surface area (Å²) in [5.41, 5.74) is 5.82. The summed E-state index contributed by atoms with van der Waals surface area (Å²) < 4.78 is 10.1. The Labute approximate surface area is 126 Å². The molecular formula is C14H23ClN2O3. The quantitative estimate of drug-likeness (QED) is 0.704. The molecule has 20 heavy (non-hydrogen) atoms. The molecule has 1 unspecified atom stereocenters.